The highest BCUT2D eigenvalue weighted by molar-refractivity contribution is 5.94. The van der Waals surface area contributed by atoms with E-state index in [1.807, 2.05) is 27.7 Å². The summed E-state index contributed by atoms with van der Waals surface area (Å²) in [6, 6.07) is 6.84. The van der Waals surface area contributed by atoms with Gasteiger partial charge in [-0.3, -0.25) is 4.79 Å². The lowest BCUT2D eigenvalue weighted by Crippen LogP contribution is -2.38. The van der Waals surface area contributed by atoms with Crippen molar-refractivity contribution in [3.63, 3.8) is 0 Å². The zero-order valence-corrected chi connectivity index (χ0v) is 13.0. The van der Waals surface area contributed by atoms with E-state index in [0.29, 0.717) is 23.8 Å². The summed E-state index contributed by atoms with van der Waals surface area (Å²) in [5, 5.41) is 2.78. The maximum absolute atomic E-state index is 12.0. The first-order valence-electron chi connectivity index (χ1n) is 7.14. The fourth-order valence-corrected chi connectivity index (χ4v) is 1.59. The minimum Gasteiger partial charge on any atom is -0.493 e. The zero-order chi connectivity index (χ0) is 15.8. The molecule has 116 valence electrons. The van der Waals surface area contributed by atoms with Gasteiger partial charge in [0.25, 0.3) is 5.91 Å². The van der Waals surface area contributed by atoms with E-state index in [1.165, 1.54) is 0 Å². The molecule has 0 spiro atoms. The Morgan fingerprint density at radius 2 is 1.86 bits per heavy atom. The molecule has 0 heterocycles. The van der Waals surface area contributed by atoms with Gasteiger partial charge in [-0.15, -0.1) is 0 Å². The summed E-state index contributed by atoms with van der Waals surface area (Å²) in [7, 11) is 0. The van der Waals surface area contributed by atoms with Crippen LogP contribution in [0.4, 0.5) is 0 Å². The summed E-state index contributed by atoms with van der Waals surface area (Å²) in [5.41, 5.74) is 0.323. The molecule has 0 aliphatic heterocycles. The third-order valence-corrected chi connectivity index (χ3v) is 3.13. The van der Waals surface area contributed by atoms with Gasteiger partial charge < -0.3 is 14.8 Å². The molecule has 0 saturated carbocycles. The number of esters is 1. The molecule has 0 bridgehead atoms. The van der Waals surface area contributed by atoms with E-state index >= 15 is 0 Å². The molecule has 1 N–H and O–H groups in total. The number of nitrogens with one attached hydrogen (secondary N) is 1. The minimum atomic E-state index is -0.564. The van der Waals surface area contributed by atoms with Crippen molar-refractivity contribution in [3.05, 3.63) is 29.8 Å². The van der Waals surface area contributed by atoms with Crippen molar-refractivity contribution in [1.29, 1.82) is 0 Å². The van der Waals surface area contributed by atoms with Gasteiger partial charge in [-0.1, -0.05) is 26.0 Å². The largest absolute Gasteiger partial charge is 0.493 e. The second-order valence-corrected chi connectivity index (χ2v) is 5.11. The number of carbonyl (C=O) groups excluding carboxylic acids is 2. The SMILES string of the molecule is CCOc1ccccc1C(=O)OCC(=O)N[C@@H](C)C(C)C. The van der Waals surface area contributed by atoms with Gasteiger partial charge in [-0.2, -0.15) is 0 Å². The van der Waals surface area contributed by atoms with Crippen molar-refractivity contribution in [2.75, 3.05) is 13.2 Å². The van der Waals surface area contributed by atoms with Crippen molar-refractivity contribution in [1.82, 2.24) is 5.32 Å². The summed E-state index contributed by atoms with van der Waals surface area (Å²) in [6.07, 6.45) is 0. The van der Waals surface area contributed by atoms with Gasteiger partial charge in [0.05, 0.1) is 6.61 Å². The number of para-hydroxylation sites is 1. The van der Waals surface area contributed by atoms with Gasteiger partial charge in [0, 0.05) is 6.04 Å². The van der Waals surface area contributed by atoms with E-state index < -0.39 is 5.97 Å². The average molecular weight is 293 g/mol. The highest BCUT2D eigenvalue weighted by Crippen LogP contribution is 2.18. The van der Waals surface area contributed by atoms with Crippen LogP contribution in [-0.2, 0) is 9.53 Å². The topological polar surface area (TPSA) is 64.6 Å². The fourth-order valence-electron chi connectivity index (χ4n) is 1.59. The number of amides is 1. The molecule has 0 saturated heterocycles. The molecule has 5 heteroatoms. The van der Waals surface area contributed by atoms with Crippen LogP contribution in [-0.4, -0.2) is 31.1 Å². The summed E-state index contributed by atoms with van der Waals surface area (Å²) in [5.74, 6) is -0.0888. The minimum absolute atomic E-state index is 0.0342. The quantitative estimate of drug-likeness (QED) is 0.784. The smallest absolute Gasteiger partial charge is 0.342 e. The van der Waals surface area contributed by atoms with Crippen LogP contribution >= 0.6 is 0 Å². The highest BCUT2D eigenvalue weighted by Gasteiger charge is 2.16. The Labute approximate surface area is 125 Å². The van der Waals surface area contributed by atoms with Crippen LogP contribution in [0.2, 0.25) is 0 Å². The van der Waals surface area contributed by atoms with Crippen LogP contribution in [0.15, 0.2) is 24.3 Å². The third kappa shape index (κ3) is 5.45. The Kier molecular flexibility index (Phi) is 6.72. The van der Waals surface area contributed by atoms with Crippen molar-refractivity contribution in [2.24, 2.45) is 5.92 Å². The molecule has 1 atom stereocenters. The van der Waals surface area contributed by atoms with Gasteiger partial charge in [0.1, 0.15) is 11.3 Å². The molecule has 0 aliphatic rings. The first-order valence-corrected chi connectivity index (χ1v) is 7.14. The van der Waals surface area contributed by atoms with Gasteiger partial charge in [-0.25, -0.2) is 4.79 Å². The first-order chi connectivity index (χ1) is 9.95. The molecular formula is C16H23NO4. The second kappa shape index (κ2) is 8.29. The third-order valence-electron chi connectivity index (χ3n) is 3.13. The van der Waals surface area contributed by atoms with Crippen molar-refractivity contribution in [3.8, 4) is 5.75 Å². The normalized spacial score (nSPS) is 11.9. The molecule has 0 aliphatic carbocycles. The van der Waals surface area contributed by atoms with Crippen LogP contribution in [0.3, 0.4) is 0 Å². The summed E-state index contributed by atoms with van der Waals surface area (Å²) in [4.78, 5) is 23.7. The number of ether oxygens (including phenoxy) is 2. The Morgan fingerprint density at radius 1 is 1.19 bits per heavy atom. The lowest BCUT2D eigenvalue weighted by Gasteiger charge is -2.17. The van der Waals surface area contributed by atoms with Crippen molar-refractivity contribution >= 4 is 11.9 Å². The zero-order valence-electron chi connectivity index (χ0n) is 13.0. The van der Waals surface area contributed by atoms with Crippen LogP contribution in [0.25, 0.3) is 0 Å². The summed E-state index contributed by atoms with van der Waals surface area (Å²) in [6.45, 7) is 7.93. The standard InChI is InChI=1S/C16H23NO4/c1-5-20-14-9-7-6-8-13(14)16(19)21-10-15(18)17-12(4)11(2)3/h6-9,11-12H,5,10H2,1-4H3,(H,17,18)/t12-/m0/s1. The van der Waals surface area contributed by atoms with E-state index in [0.717, 1.165) is 0 Å². The number of rotatable bonds is 7. The highest BCUT2D eigenvalue weighted by atomic mass is 16.5. The number of hydrogen-bond donors (Lipinski definition) is 1. The molecule has 21 heavy (non-hydrogen) atoms. The van der Waals surface area contributed by atoms with Crippen LogP contribution < -0.4 is 10.1 Å². The summed E-state index contributed by atoms with van der Waals surface area (Å²) >= 11 is 0. The summed E-state index contributed by atoms with van der Waals surface area (Å²) < 4.78 is 10.4. The van der Waals surface area contributed by atoms with Crippen LogP contribution in [0.1, 0.15) is 38.1 Å². The number of hydrogen-bond acceptors (Lipinski definition) is 4. The van der Waals surface area contributed by atoms with Crippen molar-refractivity contribution < 1.29 is 19.1 Å². The predicted octanol–water partition coefficient (Wildman–Crippen LogP) is 2.40. The Balaban J connectivity index is 2.56. The number of benzene rings is 1. The molecule has 0 unspecified atom stereocenters. The predicted molar refractivity (Wildman–Crippen MR) is 80.3 cm³/mol. The van der Waals surface area contributed by atoms with Gasteiger partial charge in [0.15, 0.2) is 6.61 Å². The van der Waals surface area contributed by atoms with Gasteiger partial charge in [0.2, 0.25) is 0 Å². The Bertz CT molecular complexity index is 485. The first kappa shape index (κ1) is 17.0. The van der Waals surface area contributed by atoms with E-state index in [9.17, 15) is 9.59 Å². The van der Waals surface area contributed by atoms with Gasteiger partial charge >= 0.3 is 5.97 Å². The lowest BCUT2D eigenvalue weighted by molar-refractivity contribution is -0.125. The van der Waals surface area contributed by atoms with Crippen LogP contribution in [0.5, 0.6) is 5.75 Å². The average Bonchev–Trinajstić information content (AvgIpc) is 2.45. The number of carbonyl (C=O) groups is 2. The van der Waals surface area contributed by atoms with Gasteiger partial charge in [-0.05, 0) is 31.9 Å². The Hall–Kier alpha value is -2.04. The van der Waals surface area contributed by atoms with E-state index in [4.69, 9.17) is 9.47 Å². The molecule has 1 amide bonds. The fraction of sp³-hybridized carbons (Fsp3) is 0.500. The van der Waals surface area contributed by atoms with E-state index in [2.05, 4.69) is 5.32 Å². The van der Waals surface area contributed by atoms with E-state index in [1.54, 1.807) is 24.3 Å². The van der Waals surface area contributed by atoms with E-state index in [-0.39, 0.29) is 18.6 Å². The molecule has 1 rings (SSSR count). The Morgan fingerprint density at radius 3 is 2.48 bits per heavy atom. The molecule has 1 aromatic carbocycles. The maximum atomic E-state index is 12.0. The molecular weight excluding hydrogens is 270 g/mol. The van der Waals surface area contributed by atoms with Crippen molar-refractivity contribution in [2.45, 2.75) is 33.7 Å². The maximum Gasteiger partial charge on any atom is 0.342 e. The molecule has 0 fully saturated rings. The molecule has 0 radical (unpaired) electrons. The monoisotopic (exact) mass is 293 g/mol. The second-order valence-electron chi connectivity index (χ2n) is 5.11. The molecule has 1 aromatic rings. The molecule has 0 aromatic heterocycles. The van der Waals surface area contributed by atoms with Crippen LogP contribution in [0, 0.1) is 5.92 Å². The lowest BCUT2D eigenvalue weighted by atomic mass is 10.1. The molecule has 5 nitrogen and oxygen atoms in total.